The average molecular weight is 257 g/mol. The van der Waals surface area contributed by atoms with Crippen LogP contribution in [0.5, 0.6) is 11.5 Å². The van der Waals surface area contributed by atoms with Gasteiger partial charge in [0.1, 0.15) is 18.1 Å². The highest BCUT2D eigenvalue weighted by atomic mass is 16.5. The molecular formula is C15H15NO3. The number of carbonyl (C=O) groups excluding carboxylic acids is 1. The average Bonchev–Trinajstić information content (AvgIpc) is 2.37. The lowest BCUT2D eigenvalue weighted by Crippen LogP contribution is -2.01. The summed E-state index contributed by atoms with van der Waals surface area (Å²) in [5.74, 6) is 0.761. The Morgan fingerprint density at radius 3 is 2.47 bits per heavy atom. The fraction of sp³-hybridized carbons (Fsp3) is 0.133. The van der Waals surface area contributed by atoms with Crippen molar-refractivity contribution < 1.29 is 14.6 Å². The Labute approximate surface area is 111 Å². The molecule has 0 saturated heterocycles. The number of nitrogen functional groups attached to an aromatic ring is 1. The highest BCUT2D eigenvalue weighted by molar-refractivity contribution is 5.99. The lowest BCUT2D eigenvalue weighted by Gasteiger charge is -2.09. The monoisotopic (exact) mass is 257 g/mol. The molecule has 98 valence electrons. The molecule has 3 N–H and O–H groups in total. The normalized spacial score (nSPS) is 10.2. The first-order chi connectivity index (χ1) is 9.06. The van der Waals surface area contributed by atoms with Crippen LogP contribution in [-0.4, -0.2) is 10.9 Å². The van der Waals surface area contributed by atoms with Gasteiger partial charge < -0.3 is 15.6 Å². The van der Waals surface area contributed by atoms with Crippen molar-refractivity contribution in [1.29, 1.82) is 0 Å². The minimum Gasteiger partial charge on any atom is -0.508 e. The second kappa shape index (κ2) is 5.44. The smallest absolute Gasteiger partial charge is 0.161 e. The van der Waals surface area contributed by atoms with Gasteiger partial charge in [0.25, 0.3) is 0 Å². The van der Waals surface area contributed by atoms with Gasteiger partial charge in [-0.15, -0.1) is 0 Å². The maximum Gasteiger partial charge on any atom is 0.161 e. The zero-order valence-electron chi connectivity index (χ0n) is 10.6. The molecule has 2 aromatic carbocycles. The van der Waals surface area contributed by atoms with Gasteiger partial charge in [-0.25, -0.2) is 0 Å². The van der Waals surface area contributed by atoms with E-state index in [4.69, 9.17) is 10.5 Å². The number of hydrogen-bond donors (Lipinski definition) is 2. The van der Waals surface area contributed by atoms with E-state index in [0.717, 1.165) is 5.56 Å². The van der Waals surface area contributed by atoms with Gasteiger partial charge in [0.2, 0.25) is 0 Å². The van der Waals surface area contributed by atoms with Crippen molar-refractivity contribution in [2.24, 2.45) is 0 Å². The van der Waals surface area contributed by atoms with E-state index in [0.29, 0.717) is 23.6 Å². The maximum atomic E-state index is 11.2. The molecule has 0 aromatic heterocycles. The van der Waals surface area contributed by atoms with Crippen LogP contribution in [0.25, 0.3) is 0 Å². The van der Waals surface area contributed by atoms with Gasteiger partial charge >= 0.3 is 0 Å². The summed E-state index contributed by atoms with van der Waals surface area (Å²) >= 11 is 0. The molecule has 2 rings (SSSR count). The van der Waals surface area contributed by atoms with Gasteiger partial charge in [-0.2, -0.15) is 0 Å². The number of carbonyl (C=O) groups is 1. The summed E-state index contributed by atoms with van der Waals surface area (Å²) in [6.45, 7) is 1.85. The molecule has 0 amide bonds. The number of ketones is 1. The summed E-state index contributed by atoms with van der Waals surface area (Å²) in [6.07, 6.45) is 0. The quantitative estimate of drug-likeness (QED) is 0.652. The van der Waals surface area contributed by atoms with E-state index >= 15 is 0 Å². The van der Waals surface area contributed by atoms with Crippen molar-refractivity contribution in [2.45, 2.75) is 13.5 Å². The molecule has 0 aliphatic heterocycles. The Balaban J connectivity index is 2.06. The predicted octanol–water partition coefficient (Wildman–Crippen LogP) is 2.76. The number of phenolic OH excluding ortho intramolecular Hbond substituents is 1. The number of benzene rings is 2. The van der Waals surface area contributed by atoms with E-state index < -0.39 is 0 Å². The van der Waals surface area contributed by atoms with Crippen LogP contribution >= 0.6 is 0 Å². The number of aromatic hydroxyl groups is 1. The minimum absolute atomic E-state index is 0.0671. The van der Waals surface area contributed by atoms with E-state index in [1.807, 2.05) is 0 Å². The third-order valence-corrected chi connectivity index (χ3v) is 2.74. The molecule has 0 unspecified atom stereocenters. The first kappa shape index (κ1) is 13.0. The van der Waals surface area contributed by atoms with Gasteiger partial charge in [-0.3, -0.25) is 4.79 Å². The van der Waals surface area contributed by atoms with Crippen LogP contribution in [-0.2, 0) is 6.61 Å². The Morgan fingerprint density at radius 1 is 1.21 bits per heavy atom. The number of ether oxygens (including phenoxy) is 1. The number of rotatable bonds is 4. The summed E-state index contributed by atoms with van der Waals surface area (Å²) in [5.41, 5.74) is 7.62. The second-order valence-electron chi connectivity index (χ2n) is 4.26. The van der Waals surface area contributed by atoms with Crippen LogP contribution in [0.4, 0.5) is 5.69 Å². The van der Waals surface area contributed by atoms with Gasteiger partial charge in [0.05, 0.1) is 0 Å². The Bertz CT molecular complexity index is 591. The first-order valence-corrected chi connectivity index (χ1v) is 5.87. The molecule has 0 heterocycles. The molecular weight excluding hydrogens is 242 g/mol. The third-order valence-electron chi connectivity index (χ3n) is 2.74. The second-order valence-corrected chi connectivity index (χ2v) is 4.26. The third kappa shape index (κ3) is 3.25. The van der Waals surface area contributed by atoms with Gasteiger partial charge in [0.15, 0.2) is 5.78 Å². The van der Waals surface area contributed by atoms with Crippen LogP contribution in [0, 0.1) is 0 Å². The minimum atomic E-state index is -0.0671. The number of hydrogen-bond acceptors (Lipinski definition) is 4. The Morgan fingerprint density at radius 2 is 1.89 bits per heavy atom. The zero-order valence-corrected chi connectivity index (χ0v) is 10.6. The first-order valence-electron chi connectivity index (χ1n) is 5.87. The van der Waals surface area contributed by atoms with Crippen LogP contribution in [0.15, 0.2) is 42.5 Å². The summed E-state index contributed by atoms with van der Waals surface area (Å²) in [6, 6.07) is 11.8. The number of anilines is 1. The fourth-order valence-electron chi connectivity index (χ4n) is 1.71. The van der Waals surface area contributed by atoms with Gasteiger partial charge in [-0.05, 0) is 36.8 Å². The Kier molecular flexibility index (Phi) is 3.71. The van der Waals surface area contributed by atoms with Gasteiger partial charge in [-0.1, -0.05) is 12.1 Å². The van der Waals surface area contributed by atoms with Gasteiger partial charge in [0, 0.05) is 17.3 Å². The van der Waals surface area contributed by atoms with Crippen LogP contribution < -0.4 is 10.5 Å². The van der Waals surface area contributed by atoms with Crippen molar-refractivity contribution in [1.82, 2.24) is 0 Å². The molecule has 0 spiro atoms. The van der Waals surface area contributed by atoms with Crippen LogP contribution in [0.3, 0.4) is 0 Å². The molecule has 0 bridgehead atoms. The lowest BCUT2D eigenvalue weighted by atomic mass is 10.1. The largest absolute Gasteiger partial charge is 0.508 e. The lowest BCUT2D eigenvalue weighted by molar-refractivity contribution is 0.101. The maximum absolute atomic E-state index is 11.2. The summed E-state index contributed by atoms with van der Waals surface area (Å²) in [5, 5.41) is 9.17. The van der Waals surface area contributed by atoms with E-state index in [9.17, 15) is 9.90 Å². The molecule has 19 heavy (non-hydrogen) atoms. The van der Waals surface area contributed by atoms with Crippen molar-refractivity contribution in [3.63, 3.8) is 0 Å². The topological polar surface area (TPSA) is 72.5 Å². The standard InChI is InChI=1S/C15H15NO3/c1-10(17)14-7-6-13(8-15(14)16)19-9-11-2-4-12(18)5-3-11/h2-8,18H,9,16H2,1H3. The highest BCUT2D eigenvalue weighted by Gasteiger charge is 2.06. The SMILES string of the molecule is CC(=O)c1ccc(OCc2ccc(O)cc2)cc1N. The highest BCUT2D eigenvalue weighted by Crippen LogP contribution is 2.21. The zero-order chi connectivity index (χ0) is 13.8. The Hall–Kier alpha value is -2.49. The molecule has 0 fully saturated rings. The molecule has 2 aromatic rings. The van der Waals surface area contributed by atoms with E-state index in [2.05, 4.69) is 0 Å². The summed E-state index contributed by atoms with van der Waals surface area (Å²) < 4.78 is 5.57. The molecule has 0 atom stereocenters. The number of Topliss-reactive ketones (excluding diaryl/α,β-unsaturated/α-hetero) is 1. The molecule has 0 radical (unpaired) electrons. The van der Waals surface area contributed by atoms with Crippen LogP contribution in [0.2, 0.25) is 0 Å². The van der Waals surface area contributed by atoms with Crippen LogP contribution in [0.1, 0.15) is 22.8 Å². The fourth-order valence-corrected chi connectivity index (χ4v) is 1.71. The van der Waals surface area contributed by atoms with Crippen molar-refractivity contribution in [3.8, 4) is 11.5 Å². The van der Waals surface area contributed by atoms with Crippen molar-refractivity contribution >= 4 is 11.5 Å². The molecule has 4 heteroatoms. The molecule has 0 saturated carbocycles. The van der Waals surface area contributed by atoms with E-state index in [1.165, 1.54) is 6.92 Å². The number of nitrogens with two attached hydrogens (primary N) is 1. The summed E-state index contributed by atoms with van der Waals surface area (Å²) in [4.78, 5) is 11.2. The number of phenols is 1. The van der Waals surface area contributed by atoms with Crippen molar-refractivity contribution in [3.05, 3.63) is 53.6 Å². The van der Waals surface area contributed by atoms with E-state index in [-0.39, 0.29) is 11.5 Å². The molecule has 0 aliphatic carbocycles. The van der Waals surface area contributed by atoms with E-state index in [1.54, 1.807) is 42.5 Å². The summed E-state index contributed by atoms with van der Waals surface area (Å²) in [7, 11) is 0. The molecule has 0 aliphatic rings. The molecule has 4 nitrogen and oxygen atoms in total. The predicted molar refractivity (Wildman–Crippen MR) is 73.3 cm³/mol. The van der Waals surface area contributed by atoms with Crippen molar-refractivity contribution in [2.75, 3.05) is 5.73 Å².